The molecule has 0 aliphatic carbocycles. The molecule has 1 fully saturated rings. The first-order valence-corrected chi connectivity index (χ1v) is 5.12. The Balaban J connectivity index is 2.03. The lowest BCUT2D eigenvalue weighted by atomic mass is 9.91. The standard InChI is InChI=1S/C11H17N3/c1-11(12)5-8-14(9-6-11)10-4-2-3-7-13-10/h2-4,7H,5-6,8-9,12H2,1H3. The van der Waals surface area contributed by atoms with E-state index in [1.165, 1.54) is 0 Å². The molecular weight excluding hydrogens is 174 g/mol. The van der Waals surface area contributed by atoms with Gasteiger partial charge < -0.3 is 10.6 Å². The number of hydrogen-bond acceptors (Lipinski definition) is 3. The van der Waals surface area contributed by atoms with E-state index < -0.39 is 0 Å². The largest absolute Gasteiger partial charge is 0.356 e. The molecule has 2 heterocycles. The first kappa shape index (κ1) is 9.46. The number of aromatic nitrogens is 1. The van der Waals surface area contributed by atoms with Crippen LogP contribution in [-0.4, -0.2) is 23.6 Å². The van der Waals surface area contributed by atoms with Crippen molar-refractivity contribution >= 4 is 5.82 Å². The first-order chi connectivity index (χ1) is 6.67. The van der Waals surface area contributed by atoms with Crippen LogP contribution in [0.3, 0.4) is 0 Å². The van der Waals surface area contributed by atoms with Gasteiger partial charge in [0.2, 0.25) is 0 Å². The Morgan fingerprint density at radius 1 is 1.36 bits per heavy atom. The van der Waals surface area contributed by atoms with E-state index in [1.807, 2.05) is 18.3 Å². The van der Waals surface area contributed by atoms with Crippen LogP contribution in [0.4, 0.5) is 5.82 Å². The lowest BCUT2D eigenvalue weighted by Crippen LogP contribution is -2.48. The van der Waals surface area contributed by atoms with Gasteiger partial charge in [-0.3, -0.25) is 0 Å². The van der Waals surface area contributed by atoms with Crippen LogP contribution >= 0.6 is 0 Å². The van der Waals surface area contributed by atoms with Gasteiger partial charge >= 0.3 is 0 Å². The van der Waals surface area contributed by atoms with Gasteiger partial charge in [0.15, 0.2) is 0 Å². The highest BCUT2D eigenvalue weighted by Crippen LogP contribution is 2.22. The third-order valence-corrected chi connectivity index (χ3v) is 2.88. The fourth-order valence-electron chi connectivity index (χ4n) is 1.79. The van der Waals surface area contributed by atoms with Crippen molar-refractivity contribution < 1.29 is 0 Å². The smallest absolute Gasteiger partial charge is 0.128 e. The maximum Gasteiger partial charge on any atom is 0.128 e. The normalized spacial score (nSPS) is 20.9. The lowest BCUT2D eigenvalue weighted by Gasteiger charge is -2.37. The number of pyridine rings is 1. The van der Waals surface area contributed by atoms with Crippen molar-refractivity contribution in [3.8, 4) is 0 Å². The summed E-state index contributed by atoms with van der Waals surface area (Å²) in [7, 11) is 0. The Morgan fingerprint density at radius 3 is 2.64 bits per heavy atom. The van der Waals surface area contributed by atoms with E-state index in [4.69, 9.17) is 5.73 Å². The van der Waals surface area contributed by atoms with Gasteiger partial charge in [0.1, 0.15) is 5.82 Å². The minimum absolute atomic E-state index is 0.0191. The Labute approximate surface area is 84.9 Å². The number of anilines is 1. The van der Waals surface area contributed by atoms with Gasteiger partial charge in [-0.05, 0) is 31.9 Å². The Morgan fingerprint density at radius 2 is 2.07 bits per heavy atom. The van der Waals surface area contributed by atoms with Crippen LogP contribution in [0.15, 0.2) is 24.4 Å². The van der Waals surface area contributed by atoms with E-state index in [9.17, 15) is 0 Å². The Bertz CT molecular complexity index is 285. The molecule has 1 aliphatic rings. The van der Waals surface area contributed by atoms with Crippen molar-refractivity contribution in [1.82, 2.24) is 4.98 Å². The van der Waals surface area contributed by atoms with Crippen molar-refractivity contribution in [2.45, 2.75) is 25.3 Å². The summed E-state index contributed by atoms with van der Waals surface area (Å²) in [4.78, 5) is 6.64. The van der Waals surface area contributed by atoms with Crippen molar-refractivity contribution in [3.05, 3.63) is 24.4 Å². The van der Waals surface area contributed by atoms with Gasteiger partial charge in [-0.1, -0.05) is 6.07 Å². The highest BCUT2D eigenvalue weighted by atomic mass is 15.2. The first-order valence-electron chi connectivity index (χ1n) is 5.12. The minimum atomic E-state index is 0.0191. The summed E-state index contributed by atoms with van der Waals surface area (Å²) in [6.45, 7) is 4.16. The van der Waals surface area contributed by atoms with Gasteiger partial charge in [0, 0.05) is 24.8 Å². The van der Waals surface area contributed by atoms with Gasteiger partial charge in [-0.2, -0.15) is 0 Å². The maximum atomic E-state index is 6.07. The molecule has 2 rings (SSSR count). The van der Waals surface area contributed by atoms with E-state index in [0.717, 1.165) is 31.7 Å². The van der Waals surface area contributed by atoms with Gasteiger partial charge in [-0.25, -0.2) is 4.98 Å². The number of nitrogens with zero attached hydrogens (tertiary/aromatic N) is 2. The lowest BCUT2D eigenvalue weighted by molar-refractivity contribution is 0.363. The average molecular weight is 191 g/mol. The molecule has 0 saturated carbocycles. The average Bonchev–Trinajstić information content (AvgIpc) is 2.19. The fraction of sp³-hybridized carbons (Fsp3) is 0.545. The zero-order chi connectivity index (χ0) is 10.0. The van der Waals surface area contributed by atoms with E-state index in [-0.39, 0.29) is 5.54 Å². The van der Waals surface area contributed by atoms with Crippen LogP contribution in [0.25, 0.3) is 0 Å². The zero-order valence-corrected chi connectivity index (χ0v) is 8.61. The maximum absolute atomic E-state index is 6.07. The molecule has 76 valence electrons. The van der Waals surface area contributed by atoms with Gasteiger partial charge in [0.05, 0.1) is 0 Å². The van der Waals surface area contributed by atoms with E-state index in [1.54, 1.807) is 0 Å². The summed E-state index contributed by atoms with van der Waals surface area (Å²) >= 11 is 0. The minimum Gasteiger partial charge on any atom is -0.356 e. The van der Waals surface area contributed by atoms with Crippen molar-refractivity contribution in [3.63, 3.8) is 0 Å². The second-order valence-electron chi connectivity index (χ2n) is 4.33. The molecule has 1 aromatic heterocycles. The molecule has 3 heteroatoms. The molecule has 0 amide bonds. The number of hydrogen-bond donors (Lipinski definition) is 1. The summed E-state index contributed by atoms with van der Waals surface area (Å²) in [5, 5.41) is 0. The van der Waals surface area contributed by atoms with Crippen molar-refractivity contribution in [2.75, 3.05) is 18.0 Å². The van der Waals surface area contributed by atoms with Crippen LogP contribution in [0.2, 0.25) is 0 Å². The van der Waals surface area contributed by atoms with E-state index in [0.29, 0.717) is 0 Å². The molecule has 3 nitrogen and oxygen atoms in total. The van der Waals surface area contributed by atoms with Crippen LogP contribution in [0.1, 0.15) is 19.8 Å². The third kappa shape index (κ3) is 2.04. The molecule has 2 N–H and O–H groups in total. The molecule has 0 bridgehead atoms. The predicted molar refractivity (Wildman–Crippen MR) is 58.3 cm³/mol. The summed E-state index contributed by atoms with van der Waals surface area (Å²) < 4.78 is 0. The molecule has 0 spiro atoms. The summed E-state index contributed by atoms with van der Waals surface area (Å²) in [6.07, 6.45) is 3.93. The summed E-state index contributed by atoms with van der Waals surface area (Å²) in [6, 6.07) is 6.03. The molecule has 0 radical (unpaired) electrons. The van der Waals surface area contributed by atoms with Crippen molar-refractivity contribution in [2.24, 2.45) is 5.73 Å². The summed E-state index contributed by atoms with van der Waals surface area (Å²) in [5.41, 5.74) is 6.09. The molecule has 0 atom stereocenters. The highest BCUT2D eigenvalue weighted by molar-refractivity contribution is 5.38. The molecular formula is C11H17N3. The predicted octanol–water partition coefficient (Wildman–Crippen LogP) is 1.40. The third-order valence-electron chi connectivity index (χ3n) is 2.88. The second kappa shape index (κ2) is 3.58. The Hall–Kier alpha value is -1.09. The topological polar surface area (TPSA) is 42.1 Å². The summed E-state index contributed by atoms with van der Waals surface area (Å²) in [5.74, 6) is 1.07. The number of piperidine rings is 1. The van der Waals surface area contributed by atoms with Crippen LogP contribution in [-0.2, 0) is 0 Å². The monoisotopic (exact) mass is 191 g/mol. The second-order valence-corrected chi connectivity index (χ2v) is 4.33. The fourth-order valence-corrected chi connectivity index (χ4v) is 1.79. The highest BCUT2D eigenvalue weighted by Gasteiger charge is 2.26. The van der Waals surface area contributed by atoms with Gasteiger partial charge in [-0.15, -0.1) is 0 Å². The van der Waals surface area contributed by atoms with Gasteiger partial charge in [0.25, 0.3) is 0 Å². The SMILES string of the molecule is CC1(N)CCN(c2ccccn2)CC1. The van der Waals surface area contributed by atoms with Crippen molar-refractivity contribution in [1.29, 1.82) is 0 Å². The molecule has 1 aromatic rings. The Kier molecular flexibility index (Phi) is 2.42. The molecule has 0 aromatic carbocycles. The van der Waals surface area contributed by atoms with Crippen LogP contribution in [0.5, 0.6) is 0 Å². The molecule has 1 aliphatic heterocycles. The number of rotatable bonds is 1. The van der Waals surface area contributed by atoms with Crippen LogP contribution in [0, 0.1) is 0 Å². The molecule has 14 heavy (non-hydrogen) atoms. The van der Waals surface area contributed by atoms with E-state index >= 15 is 0 Å². The molecule has 1 saturated heterocycles. The molecule has 0 unspecified atom stereocenters. The van der Waals surface area contributed by atoms with Crippen LogP contribution < -0.4 is 10.6 Å². The number of nitrogens with two attached hydrogens (primary N) is 1. The van der Waals surface area contributed by atoms with E-state index in [2.05, 4.69) is 22.9 Å². The zero-order valence-electron chi connectivity index (χ0n) is 8.61. The quantitative estimate of drug-likeness (QED) is 0.729.